The Morgan fingerprint density at radius 1 is 1.00 bits per heavy atom. The van der Waals surface area contributed by atoms with Crippen LogP contribution in [0.2, 0.25) is 5.02 Å². The molecule has 3 aromatic carbocycles. The second-order valence-electron chi connectivity index (χ2n) is 7.23. The van der Waals surface area contributed by atoms with Crippen LogP contribution in [-0.4, -0.2) is 29.2 Å². The van der Waals surface area contributed by atoms with E-state index >= 15 is 0 Å². The lowest BCUT2D eigenvalue weighted by Gasteiger charge is -2.13. The van der Waals surface area contributed by atoms with Crippen molar-refractivity contribution in [2.45, 2.75) is 6.61 Å². The van der Waals surface area contributed by atoms with E-state index in [2.05, 4.69) is 15.9 Å². The molecule has 0 bridgehead atoms. The van der Waals surface area contributed by atoms with Crippen molar-refractivity contribution in [1.29, 1.82) is 0 Å². The van der Waals surface area contributed by atoms with E-state index in [0.717, 1.165) is 26.7 Å². The van der Waals surface area contributed by atoms with Gasteiger partial charge < -0.3 is 9.47 Å². The van der Waals surface area contributed by atoms with Gasteiger partial charge >= 0.3 is 0 Å². The SMILES string of the molecule is O=C1S/C(=C\c2cc(Br)ccc2OCc2ccc(Cl)cc2)C(=O)N1CCOc1ccc(F)cc1. The first-order valence-electron chi connectivity index (χ1n) is 10.2. The number of hydrogen-bond donors (Lipinski definition) is 0. The Hall–Kier alpha value is -2.81. The molecule has 5 nitrogen and oxygen atoms in total. The Balaban J connectivity index is 1.43. The molecule has 0 radical (unpaired) electrons. The highest BCUT2D eigenvalue weighted by molar-refractivity contribution is 9.10. The minimum atomic E-state index is -0.402. The Morgan fingerprint density at radius 3 is 2.47 bits per heavy atom. The first-order chi connectivity index (χ1) is 16.4. The molecule has 34 heavy (non-hydrogen) atoms. The molecule has 0 aliphatic carbocycles. The summed E-state index contributed by atoms with van der Waals surface area (Å²) in [5, 5.41) is 0.268. The van der Waals surface area contributed by atoms with E-state index in [0.29, 0.717) is 33.6 Å². The van der Waals surface area contributed by atoms with Crippen LogP contribution in [0.4, 0.5) is 9.18 Å². The molecule has 4 rings (SSSR count). The number of benzene rings is 3. The number of ether oxygens (including phenoxy) is 2. The number of carbonyl (C=O) groups is 2. The second-order valence-corrected chi connectivity index (χ2v) is 9.58. The summed E-state index contributed by atoms with van der Waals surface area (Å²) in [4.78, 5) is 26.7. The lowest BCUT2D eigenvalue weighted by atomic mass is 10.1. The molecule has 1 saturated heterocycles. The number of nitrogens with zero attached hydrogens (tertiary/aromatic N) is 1. The van der Waals surface area contributed by atoms with Gasteiger partial charge in [0.1, 0.15) is 30.5 Å². The zero-order valence-electron chi connectivity index (χ0n) is 17.7. The zero-order chi connectivity index (χ0) is 24.1. The maximum absolute atomic E-state index is 13.0. The van der Waals surface area contributed by atoms with Gasteiger partial charge in [0.05, 0.1) is 11.4 Å². The van der Waals surface area contributed by atoms with Crippen molar-refractivity contribution in [3.8, 4) is 11.5 Å². The summed E-state index contributed by atoms with van der Waals surface area (Å²) >= 11 is 10.2. The van der Waals surface area contributed by atoms with Gasteiger partial charge in [-0.15, -0.1) is 0 Å². The zero-order valence-corrected chi connectivity index (χ0v) is 20.8. The largest absolute Gasteiger partial charge is 0.492 e. The van der Waals surface area contributed by atoms with Crippen LogP contribution in [0.5, 0.6) is 11.5 Å². The fourth-order valence-corrected chi connectivity index (χ4v) is 4.49. The number of hydrogen-bond acceptors (Lipinski definition) is 5. The molecule has 3 aromatic rings. The molecule has 9 heteroatoms. The molecule has 0 saturated carbocycles. The van der Waals surface area contributed by atoms with Crippen molar-refractivity contribution in [2.75, 3.05) is 13.2 Å². The molecule has 1 aliphatic rings. The van der Waals surface area contributed by atoms with E-state index in [1.165, 1.54) is 24.3 Å². The Bertz CT molecular complexity index is 1230. The van der Waals surface area contributed by atoms with Crippen LogP contribution in [0.3, 0.4) is 0 Å². The molecule has 0 spiro atoms. The summed E-state index contributed by atoms with van der Waals surface area (Å²) in [5.74, 6) is 0.263. The number of imide groups is 1. The first kappa shape index (κ1) is 24.3. The van der Waals surface area contributed by atoms with Gasteiger partial charge in [-0.1, -0.05) is 39.7 Å². The summed E-state index contributed by atoms with van der Waals surface area (Å²) in [6, 6.07) is 18.3. The third kappa shape index (κ3) is 6.20. The molecule has 0 aromatic heterocycles. The summed E-state index contributed by atoms with van der Waals surface area (Å²) in [7, 11) is 0. The fraction of sp³-hybridized carbons (Fsp3) is 0.120. The van der Waals surface area contributed by atoms with Crippen LogP contribution in [0, 0.1) is 5.82 Å². The van der Waals surface area contributed by atoms with Gasteiger partial charge in [0.15, 0.2) is 0 Å². The normalized spacial score (nSPS) is 14.7. The number of rotatable bonds is 8. The van der Waals surface area contributed by atoms with Crippen LogP contribution < -0.4 is 9.47 Å². The standard InChI is InChI=1S/C25H18BrClFNO4S/c26-18-3-10-22(33-15-16-1-4-19(27)5-2-16)17(13-18)14-23-24(30)29(25(31)34-23)11-12-32-21-8-6-20(28)7-9-21/h1-10,13-14H,11-12,15H2/b23-14-. The predicted molar refractivity (Wildman–Crippen MR) is 134 cm³/mol. The Kier molecular flexibility index (Phi) is 7.92. The van der Waals surface area contributed by atoms with Gasteiger partial charge in [-0.05, 0) is 78.0 Å². The highest BCUT2D eigenvalue weighted by atomic mass is 79.9. The molecule has 0 N–H and O–H groups in total. The van der Waals surface area contributed by atoms with Gasteiger partial charge in [-0.25, -0.2) is 4.39 Å². The number of carbonyl (C=O) groups excluding carboxylic acids is 2. The topological polar surface area (TPSA) is 55.8 Å². The quantitative estimate of drug-likeness (QED) is 0.279. The van der Waals surface area contributed by atoms with Crippen molar-refractivity contribution in [1.82, 2.24) is 4.90 Å². The average molecular weight is 563 g/mol. The van der Waals surface area contributed by atoms with Gasteiger partial charge in [0, 0.05) is 15.1 Å². The molecule has 1 heterocycles. The summed E-state index contributed by atoms with van der Waals surface area (Å²) < 4.78 is 25.3. The monoisotopic (exact) mass is 561 g/mol. The van der Waals surface area contributed by atoms with E-state index in [4.69, 9.17) is 21.1 Å². The molecule has 1 aliphatic heterocycles. The van der Waals surface area contributed by atoms with Crippen molar-refractivity contribution >= 4 is 56.5 Å². The van der Waals surface area contributed by atoms with Gasteiger partial charge in [0.2, 0.25) is 0 Å². The van der Waals surface area contributed by atoms with Crippen LogP contribution in [0.15, 0.2) is 76.1 Å². The molecule has 174 valence electrons. The molecular weight excluding hydrogens is 545 g/mol. The van der Waals surface area contributed by atoms with Crippen molar-refractivity contribution in [3.63, 3.8) is 0 Å². The van der Waals surface area contributed by atoms with E-state index < -0.39 is 5.91 Å². The number of thioether (sulfide) groups is 1. The Morgan fingerprint density at radius 2 is 1.74 bits per heavy atom. The van der Waals surface area contributed by atoms with E-state index in [9.17, 15) is 14.0 Å². The highest BCUT2D eigenvalue weighted by Gasteiger charge is 2.35. The van der Waals surface area contributed by atoms with Gasteiger partial charge in [-0.3, -0.25) is 14.5 Å². The van der Waals surface area contributed by atoms with Crippen LogP contribution in [0.1, 0.15) is 11.1 Å². The molecule has 0 unspecified atom stereocenters. The highest BCUT2D eigenvalue weighted by Crippen LogP contribution is 2.35. The molecule has 2 amide bonds. The second kappa shape index (κ2) is 11.1. The van der Waals surface area contributed by atoms with Crippen molar-refractivity contribution < 1.29 is 23.5 Å². The first-order valence-corrected chi connectivity index (χ1v) is 12.2. The Labute approximate surface area is 213 Å². The van der Waals surface area contributed by atoms with Crippen LogP contribution >= 0.6 is 39.3 Å². The van der Waals surface area contributed by atoms with Crippen molar-refractivity contribution in [3.05, 3.63) is 98.1 Å². The molecule has 1 fully saturated rings. The van der Waals surface area contributed by atoms with Crippen LogP contribution in [-0.2, 0) is 11.4 Å². The maximum atomic E-state index is 13.0. The summed E-state index contributed by atoms with van der Waals surface area (Å²) in [6.45, 7) is 0.503. The third-order valence-electron chi connectivity index (χ3n) is 4.84. The van der Waals surface area contributed by atoms with E-state index in [1.54, 1.807) is 24.3 Å². The summed E-state index contributed by atoms with van der Waals surface area (Å²) in [5.41, 5.74) is 1.61. The smallest absolute Gasteiger partial charge is 0.293 e. The number of halogens is 3. The average Bonchev–Trinajstić information content (AvgIpc) is 3.08. The maximum Gasteiger partial charge on any atom is 0.293 e. The lowest BCUT2D eigenvalue weighted by molar-refractivity contribution is -0.123. The summed E-state index contributed by atoms with van der Waals surface area (Å²) in [6.07, 6.45) is 1.65. The van der Waals surface area contributed by atoms with Gasteiger partial charge in [0.25, 0.3) is 11.1 Å². The van der Waals surface area contributed by atoms with E-state index in [-0.39, 0.29) is 24.2 Å². The minimum absolute atomic E-state index is 0.0811. The van der Waals surface area contributed by atoms with E-state index in [1.807, 2.05) is 24.3 Å². The van der Waals surface area contributed by atoms with Gasteiger partial charge in [-0.2, -0.15) is 0 Å². The number of amides is 2. The predicted octanol–water partition coefficient (Wildman–Crippen LogP) is 6.94. The molecular formula is C25H18BrClFNO4S. The third-order valence-corrected chi connectivity index (χ3v) is 6.49. The molecule has 0 atom stereocenters. The lowest BCUT2D eigenvalue weighted by Crippen LogP contribution is -2.32. The van der Waals surface area contributed by atoms with Crippen molar-refractivity contribution in [2.24, 2.45) is 0 Å². The minimum Gasteiger partial charge on any atom is -0.492 e. The fourth-order valence-electron chi connectivity index (χ4n) is 3.12. The van der Waals surface area contributed by atoms with Crippen LogP contribution in [0.25, 0.3) is 6.08 Å².